The summed E-state index contributed by atoms with van der Waals surface area (Å²) in [6.45, 7) is 2.92. The molecule has 0 aromatic heterocycles. The summed E-state index contributed by atoms with van der Waals surface area (Å²) in [5.41, 5.74) is 0.269. The highest BCUT2D eigenvalue weighted by Gasteiger charge is 2.34. The number of piperidine rings is 1. The fourth-order valence-electron chi connectivity index (χ4n) is 2.99. The smallest absolute Gasteiger partial charge is 0.246 e. The molecule has 1 aromatic rings. The summed E-state index contributed by atoms with van der Waals surface area (Å²) in [4.78, 5) is 14.5. The van der Waals surface area contributed by atoms with E-state index in [1.807, 2.05) is 0 Å². The molecule has 0 spiro atoms. The number of methoxy groups -OCH3 is 1. The van der Waals surface area contributed by atoms with Crippen LogP contribution in [-0.4, -0.2) is 51.7 Å². The summed E-state index contributed by atoms with van der Waals surface area (Å²) in [6.07, 6.45) is 4.05. The molecule has 1 aromatic carbocycles. The first-order chi connectivity index (χ1) is 11.3. The maximum atomic E-state index is 12.8. The molecule has 1 saturated heterocycles. The van der Waals surface area contributed by atoms with Crippen molar-refractivity contribution in [2.45, 2.75) is 32.2 Å². The predicted octanol–water partition coefficient (Wildman–Crippen LogP) is 2.52. The van der Waals surface area contributed by atoms with Crippen LogP contribution in [0.4, 0.5) is 5.69 Å². The highest BCUT2D eigenvalue weighted by atomic mass is 35.5. The second kappa shape index (κ2) is 7.61. The summed E-state index contributed by atoms with van der Waals surface area (Å²) in [7, 11) is -2.25. The normalized spacial score (nSPS) is 16.6. The third kappa shape index (κ3) is 4.13. The molecular formula is C16H23ClN2O4S. The van der Waals surface area contributed by atoms with Crippen molar-refractivity contribution < 1.29 is 17.9 Å². The number of benzene rings is 1. The van der Waals surface area contributed by atoms with Gasteiger partial charge in [-0.2, -0.15) is 0 Å². The van der Waals surface area contributed by atoms with Crippen LogP contribution in [0.25, 0.3) is 0 Å². The van der Waals surface area contributed by atoms with E-state index in [-0.39, 0.29) is 11.6 Å². The molecule has 2 rings (SSSR count). The first kappa shape index (κ1) is 18.9. The van der Waals surface area contributed by atoms with Crippen LogP contribution in [0.2, 0.25) is 5.02 Å². The van der Waals surface area contributed by atoms with Gasteiger partial charge in [-0.05, 0) is 44.4 Å². The van der Waals surface area contributed by atoms with Gasteiger partial charge in [-0.25, -0.2) is 8.42 Å². The van der Waals surface area contributed by atoms with Gasteiger partial charge < -0.3 is 9.64 Å². The SMILES string of the molecule is COc1ccc(Cl)cc1N([C@H](C)C(=O)N1CCCCC1)S(C)(=O)=O. The zero-order valence-corrected chi connectivity index (χ0v) is 15.7. The molecular weight excluding hydrogens is 352 g/mol. The molecule has 1 fully saturated rings. The molecule has 1 aliphatic rings. The van der Waals surface area contributed by atoms with Crippen molar-refractivity contribution >= 4 is 33.2 Å². The van der Waals surface area contributed by atoms with Crippen molar-refractivity contribution in [3.8, 4) is 5.75 Å². The van der Waals surface area contributed by atoms with Crippen LogP contribution in [0.15, 0.2) is 18.2 Å². The van der Waals surface area contributed by atoms with E-state index in [2.05, 4.69) is 0 Å². The lowest BCUT2D eigenvalue weighted by atomic mass is 10.1. The van der Waals surface area contributed by atoms with Crippen molar-refractivity contribution in [1.82, 2.24) is 4.90 Å². The number of rotatable bonds is 5. The van der Waals surface area contributed by atoms with E-state index in [1.54, 1.807) is 24.0 Å². The summed E-state index contributed by atoms with van der Waals surface area (Å²) in [5.74, 6) is 0.144. The molecule has 0 unspecified atom stereocenters. The number of hydrogen-bond donors (Lipinski definition) is 0. The number of halogens is 1. The molecule has 0 N–H and O–H groups in total. The number of likely N-dealkylation sites (tertiary alicyclic amines) is 1. The average Bonchev–Trinajstić information content (AvgIpc) is 2.54. The molecule has 8 heteroatoms. The van der Waals surface area contributed by atoms with E-state index in [9.17, 15) is 13.2 Å². The first-order valence-corrected chi connectivity index (χ1v) is 10.1. The van der Waals surface area contributed by atoms with Crippen molar-refractivity contribution in [3.05, 3.63) is 23.2 Å². The summed E-state index contributed by atoms with van der Waals surface area (Å²) in [5, 5.41) is 0.372. The number of carbonyl (C=O) groups is 1. The van der Waals surface area contributed by atoms with Crippen LogP contribution in [0.5, 0.6) is 5.75 Å². The minimum Gasteiger partial charge on any atom is -0.495 e. The first-order valence-electron chi connectivity index (χ1n) is 7.87. The van der Waals surface area contributed by atoms with E-state index >= 15 is 0 Å². The number of ether oxygens (including phenoxy) is 1. The maximum Gasteiger partial charge on any atom is 0.246 e. The quantitative estimate of drug-likeness (QED) is 0.794. The van der Waals surface area contributed by atoms with E-state index in [4.69, 9.17) is 16.3 Å². The second-order valence-corrected chi connectivity index (χ2v) is 8.23. The van der Waals surface area contributed by atoms with E-state index in [0.717, 1.165) is 29.8 Å². The number of carbonyl (C=O) groups excluding carboxylic acids is 1. The Morgan fingerprint density at radius 3 is 2.46 bits per heavy atom. The third-order valence-electron chi connectivity index (χ3n) is 4.11. The lowest BCUT2D eigenvalue weighted by Gasteiger charge is -2.34. The van der Waals surface area contributed by atoms with Crippen LogP contribution in [0, 0.1) is 0 Å². The van der Waals surface area contributed by atoms with Crippen LogP contribution < -0.4 is 9.04 Å². The molecule has 1 amide bonds. The maximum absolute atomic E-state index is 12.8. The molecule has 1 aliphatic heterocycles. The number of anilines is 1. The standard InChI is InChI=1S/C16H23ClN2O4S/c1-12(16(20)18-9-5-4-6-10-18)19(24(3,21)22)14-11-13(17)7-8-15(14)23-2/h7-8,11-12H,4-6,9-10H2,1-3H3/t12-/m1/s1. The highest BCUT2D eigenvalue weighted by Crippen LogP contribution is 2.34. The minimum absolute atomic E-state index is 0.206. The Balaban J connectivity index is 2.42. The fourth-order valence-corrected chi connectivity index (χ4v) is 4.32. The van der Waals surface area contributed by atoms with Crippen LogP contribution >= 0.6 is 11.6 Å². The van der Waals surface area contributed by atoms with Gasteiger partial charge >= 0.3 is 0 Å². The fraction of sp³-hybridized carbons (Fsp3) is 0.562. The molecule has 1 heterocycles. The van der Waals surface area contributed by atoms with Gasteiger partial charge in [-0.3, -0.25) is 9.10 Å². The zero-order valence-electron chi connectivity index (χ0n) is 14.2. The zero-order chi connectivity index (χ0) is 17.9. The van der Waals surface area contributed by atoms with Crippen molar-refractivity contribution in [2.24, 2.45) is 0 Å². The van der Waals surface area contributed by atoms with Crippen molar-refractivity contribution in [3.63, 3.8) is 0 Å². The molecule has 0 bridgehead atoms. The number of amides is 1. The van der Waals surface area contributed by atoms with E-state index in [1.165, 1.54) is 13.2 Å². The Labute approximate surface area is 148 Å². The van der Waals surface area contributed by atoms with Gasteiger partial charge in [0.05, 0.1) is 19.1 Å². The molecule has 6 nitrogen and oxygen atoms in total. The predicted molar refractivity (Wildman–Crippen MR) is 95.2 cm³/mol. The van der Waals surface area contributed by atoms with Gasteiger partial charge in [-0.1, -0.05) is 11.6 Å². The topological polar surface area (TPSA) is 66.9 Å². The lowest BCUT2D eigenvalue weighted by Crippen LogP contribution is -2.50. The molecule has 0 saturated carbocycles. The Kier molecular flexibility index (Phi) is 5.98. The van der Waals surface area contributed by atoms with Crippen LogP contribution in [0.3, 0.4) is 0 Å². The van der Waals surface area contributed by atoms with Gasteiger partial charge in [-0.15, -0.1) is 0 Å². The van der Waals surface area contributed by atoms with Gasteiger partial charge in [0, 0.05) is 18.1 Å². The highest BCUT2D eigenvalue weighted by molar-refractivity contribution is 7.92. The Hall–Kier alpha value is -1.47. The van der Waals surface area contributed by atoms with Gasteiger partial charge in [0.25, 0.3) is 0 Å². The van der Waals surface area contributed by atoms with Gasteiger partial charge in [0.15, 0.2) is 0 Å². The summed E-state index contributed by atoms with van der Waals surface area (Å²) >= 11 is 6.03. The van der Waals surface area contributed by atoms with Gasteiger partial charge in [0.2, 0.25) is 15.9 Å². The monoisotopic (exact) mass is 374 g/mol. The summed E-state index contributed by atoms with van der Waals surface area (Å²) < 4.78 is 31.1. The third-order valence-corrected chi connectivity index (χ3v) is 5.58. The molecule has 134 valence electrons. The van der Waals surface area contributed by atoms with Crippen molar-refractivity contribution in [1.29, 1.82) is 0 Å². The second-order valence-electron chi connectivity index (χ2n) is 5.94. The van der Waals surface area contributed by atoms with E-state index < -0.39 is 16.1 Å². The van der Waals surface area contributed by atoms with Crippen LogP contribution in [0.1, 0.15) is 26.2 Å². The molecule has 24 heavy (non-hydrogen) atoms. The average molecular weight is 375 g/mol. The molecule has 0 aliphatic carbocycles. The lowest BCUT2D eigenvalue weighted by molar-refractivity contribution is -0.132. The Morgan fingerprint density at radius 1 is 1.29 bits per heavy atom. The largest absolute Gasteiger partial charge is 0.495 e. The number of sulfonamides is 1. The Bertz CT molecular complexity index is 702. The Morgan fingerprint density at radius 2 is 1.92 bits per heavy atom. The van der Waals surface area contributed by atoms with Crippen LogP contribution in [-0.2, 0) is 14.8 Å². The van der Waals surface area contributed by atoms with E-state index in [0.29, 0.717) is 23.9 Å². The summed E-state index contributed by atoms with van der Waals surface area (Å²) in [6, 6.07) is 3.84. The number of hydrogen-bond acceptors (Lipinski definition) is 4. The van der Waals surface area contributed by atoms with Gasteiger partial charge in [0.1, 0.15) is 11.8 Å². The molecule has 1 atom stereocenters. The number of nitrogens with zero attached hydrogens (tertiary/aromatic N) is 2. The molecule has 0 radical (unpaired) electrons. The minimum atomic E-state index is -3.70. The van der Waals surface area contributed by atoms with Crippen molar-refractivity contribution in [2.75, 3.05) is 30.8 Å².